The van der Waals surface area contributed by atoms with Crippen LogP contribution >= 0.6 is 0 Å². The van der Waals surface area contributed by atoms with Crippen LogP contribution in [0.3, 0.4) is 0 Å². The van der Waals surface area contributed by atoms with Gasteiger partial charge in [-0.3, -0.25) is 19.6 Å². The van der Waals surface area contributed by atoms with Crippen LogP contribution < -0.4 is 0 Å². The van der Waals surface area contributed by atoms with Gasteiger partial charge in [-0.1, -0.05) is 24.3 Å². The summed E-state index contributed by atoms with van der Waals surface area (Å²) >= 11 is 0. The molecule has 0 bridgehead atoms. The van der Waals surface area contributed by atoms with Crippen LogP contribution in [0.5, 0.6) is 0 Å². The number of carbonyl (C=O) groups is 2. The minimum atomic E-state index is -0.199. The highest BCUT2D eigenvalue weighted by Gasteiger charge is 2.32. The van der Waals surface area contributed by atoms with Gasteiger partial charge in [0.05, 0.1) is 12.2 Å². The number of nitrogens with zero attached hydrogens (tertiary/aromatic N) is 2. The number of H-pyrrole nitrogens is 1. The lowest BCUT2D eigenvalue weighted by atomic mass is 10.1. The van der Waals surface area contributed by atoms with Gasteiger partial charge >= 0.3 is 0 Å². The first-order valence-corrected chi connectivity index (χ1v) is 6.70. The van der Waals surface area contributed by atoms with Crippen molar-refractivity contribution in [3.05, 3.63) is 53.2 Å². The summed E-state index contributed by atoms with van der Waals surface area (Å²) in [6.45, 7) is 3.68. The summed E-state index contributed by atoms with van der Waals surface area (Å²) in [5, 5.41) is 6.81. The largest absolute Gasteiger partial charge is 0.278 e. The Labute approximate surface area is 122 Å². The number of aromatic nitrogens is 2. The Balaban J connectivity index is 1.78. The molecule has 0 atom stereocenters. The standard InChI is InChI=1S/C16H15N3O2/c1-10-11(2)16(21)19(15(10)20)9-12-3-5-13(6-4-12)14-7-8-17-18-14/h3-8H,9H2,1-2H3,(H,17,18). The highest BCUT2D eigenvalue weighted by molar-refractivity contribution is 6.18. The Kier molecular flexibility index (Phi) is 3.17. The molecule has 3 rings (SSSR count). The Bertz CT molecular complexity index is 703. The number of hydrogen-bond acceptors (Lipinski definition) is 3. The van der Waals surface area contributed by atoms with Crippen molar-refractivity contribution in [1.29, 1.82) is 0 Å². The second-order valence-electron chi connectivity index (χ2n) is 5.11. The van der Waals surface area contributed by atoms with E-state index in [1.165, 1.54) is 4.90 Å². The minimum absolute atomic E-state index is 0.199. The van der Waals surface area contributed by atoms with Crippen molar-refractivity contribution < 1.29 is 9.59 Å². The zero-order valence-electron chi connectivity index (χ0n) is 11.9. The summed E-state index contributed by atoms with van der Waals surface area (Å²) < 4.78 is 0. The van der Waals surface area contributed by atoms with E-state index in [0.29, 0.717) is 17.7 Å². The molecule has 106 valence electrons. The fraction of sp³-hybridized carbons (Fsp3) is 0.188. The number of nitrogens with one attached hydrogen (secondary N) is 1. The molecule has 1 aliphatic rings. The van der Waals surface area contributed by atoms with Gasteiger partial charge in [0.1, 0.15) is 0 Å². The molecule has 0 radical (unpaired) electrons. The number of benzene rings is 1. The molecular formula is C16H15N3O2. The molecule has 21 heavy (non-hydrogen) atoms. The maximum atomic E-state index is 12.0. The number of rotatable bonds is 3. The molecule has 1 aromatic carbocycles. The zero-order valence-corrected chi connectivity index (χ0v) is 11.9. The molecular weight excluding hydrogens is 266 g/mol. The monoisotopic (exact) mass is 281 g/mol. The molecule has 5 nitrogen and oxygen atoms in total. The molecule has 2 heterocycles. The molecule has 0 spiro atoms. The third kappa shape index (κ3) is 2.27. The van der Waals surface area contributed by atoms with Gasteiger partial charge in [0.15, 0.2) is 0 Å². The Hall–Kier alpha value is -2.69. The summed E-state index contributed by atoms with van der Waals surface area (Å²) in [6.07, 6.45) is 1.70. The number of hydrogen-bond donors (Lipinski definition) is 1. The number of carbonyl (C=O) groups excluding carboxylic acids is 2. The predicted octanol–water partition coefficient (Wildman–Crippen LogP) is 2.28. The third-order valence-electron chi connectivity index (χ3n) is 3.80. The van der Waals surface area contributed by atoms with Gasteiger partial charge in [-0.05, 0) is 31.0 Å². The van der Waals surface area contributed by atoms with E-state index >= 15 is 0 Å². The summed E-state index contributed by atoms with van der Waals surface area (Å²) in [5.41, 5.74) is 3.94. The van der Waals surface area contributed by atoms with E-state index in [4.69, 9.17) is 0 Å². The average Bonchev–Trinajstić information content (AvgIpc) is 3.09. The van der Waals surface area contributed by atoms with Crippen molar-refractivity contribution >= 4 is 11.8 Å². The van der Waals surface area contributed by atoms with Gasteiger partial charge in [-0.25, -0.2) is 0 Å². The maximum Gasteiger partial charge on any atom is 0.257 e. The van der Waals surface area contributed by atoms with Crippen molar-refractivity contribution in [3.63, 3.8) is 0 Å². The van der Waals surface area contributed by atoms with Crippen LogP contribution in [0.15, 0.2) is 47.7 Å². The summed E-state index contributed by atoms with van der Waals surface area (Å²) in [4.78, 5) is 25.3. The fourth-order valence-corrected chi connectivity index (χ4v) is 2.35. The quantitative estimate of drug-likeness (QED) is 0.878. The number of amides is 2. The van der Waals surface area contributed by atoms with Gasteiger partial charge in [0.25, 0.3) is 11.8 Å². The molecule has 0 unspecified atom stereocenters. The van der Waals surface area contributed by atoms with Crippen LogP contribution in [0.4, 0.5) is 0 Å². The van der Waals surface area contributed by atoms with Crippen molar-refractivity contribution in [2.45, 2.75) is 20.4 Å². The second-order valence-corrected chi connectivity index (χ2v) is 5.11. The molecule has 0 aliphatic carbocycles. The Morgan fingerprint density at radius 3 is 2.14 bits per heavy atom. The minimum Gasteiger partial charge on any atom is -0.278 e. The van der Waals surface area contributed by atoms with Crippen molar-refractivity contribution in [2.75, 3.05) is 0 Å². The SMILES string of the molecule is CC1=C(C)C(=O)N(Cc2ccc(-c3ccn[nH]3)cc2)C1=O. The maximum absolute atomic E-state index is 12.0. The van der Waals surface area contributed by atoms with E-state index < -0.39 is 0 Å². The predicted molar refractivity (Wildman–Crippen MR) is 78.0 cm³/mol. The molecule has 2 aromatic rings. The number of imide groups is 1. The van der Waals surface area contributed by atoms with Crippen molar-refractivity contribution in [2.24, 2.45) is 0 Å². The third-order valence-corrected chi connectivity index (χ3v) is 3.80. The molecule has 1 N–H and O–H groups in total. The lowest BCUT2D eigenvalue weighted by Gasteiger charge is -2.15. The van der Waals surface area contributed by atoms with Gasteiger partial charge in [0.2, 0.25) is 0 Å². The van der Waals surface area contributed by atoms with Crippen molar-refractivity contribution in [1.82, 2.24) is 15.1 Å². The van der Waals surface area contributed by atoms with E-state index in [1.54, 1.807) is 20.0 Å². The highest BCUT2D eigenvalue weighted by atomic mass is 16.2. The molecule has 2 amide bonds. The topological polar surface area (TPSA) is 66.1 Å². The fourth-order valence-electron chi connectivity index (χ4n) is 2.35. The summed E-state index contributed by atoms with van der Waals surface area (Å²) in [6, 6.07) is 9.61. The van der Waals surface area contributed by atoms with E-state index in [-0.39, 0.29) is 11.8 Å². The van der Waals surface area contributed by atoms with Crippen LogP contribution in [0.1, 0.15) is 19.4 Å². The van der Waals surface area contributed by atoms with Crippen LogP contribution in [0.25, 0.3) is 11.3 Å². The first-order valence-electron chi connectivity index (χ1n) is 6.70. The molecule has 0 saturated carbocycles. The van der Waals surface area contributed by atoms with Gasteiger partial charge in [-0.15, -0.1) is 0 Å². The van der Waals surface area contributed by atoms with E-state index in [9.17, 15) is 9.59 Å². The molecule has 1 aromatic heterocycles. The van der Waals surface area contributed by atoms with E-state index in [2.05, 4.69) is 10.2 Å². The van der Waals surface area contributed by atoms with E-state index in [1.807, 2.05) is 30.3 Å². The summed E-state index contributed by atoms with van der Waals surface area (Å²) in [7, 11) is 0. The Morgan fingerprint density at radius 1 is 1.00 bits per heavy atom. The zero-order chi connectivity index (χ0) is 15.0. The van der Waals surface area contributed by atoms with Gasteiger partial charge in [-0.2, -0.15) is 5.10 Å². The molecule has 1 aliphatic heterocycles. The Morgan fingerprint density at radius 2 is 1.62 bits per heavy atom. The molecule has 5 heteroatoms. The van der Waals surface area contributed by atoms with Crippen LogP contribution in [0, 0.1) is 0 Å². The van der Waals surface area contributed by atoms with Gasteiger partial charge < -0.3 is 0 Å². The lowest BCUT2D eigenvalue weighted by molar-refractivity contribution is -0.138. The van der Waals surface area contributed by atoms with E-state index in [0.717, 1.165) is 16.8 Å². The van der Waals surface area contributed by atoms with Gasteiger partial charge in [0, 0.05) is 17.3 Å². The van der Waals surface area contributed by atoms with Crippen molar-refractivity contribution in [3.8, 4) is 11.3 Å². The first-order chi connectivity index (χ1) is 10.1. The lowest BCUT2D eigenvalue weighted by Crippen LogP contribution is -2.30. The first kappa shape index (κ1) is 13.3. The summed E-state index contributed by atoms with van der Waals surface area (Å²) in [5.74, 6) is -0.398. The highest BCUT2D eigenvalue weighted by Crippen LogP contribution is 2.23. The number of aromatic amines is 1. The van der Waals surface area contributed by atoms with Crippen LogP contribution in [-0.2, 0) is 16.1 Å². The molecule has 0 saturated heterocycles. The normalized spacial score (nSPS) is 15.2. The smallest absolute Gasteiger partial charge is 0.257 e. The van der Waals surface area contributed by atoms with Crippen LogP contribution in [-0.4, -0.2) is 26.9 Å². The molecule has 0 fully saturated rings. The average molecular weight is 281 g/mol. The van der Waals surface area contributed by atoms with Crippen LogP contribution in [0.2, 0.25) is 0 Å². The second kappa shape index (κ2) is 5.01.